The van der Waals surface area contributed by atoms with Gasteiger partial charge in [0.1, 0.15) is 11.4 Å². The number of hydrogen-bond donors (Lipinski definition) is 1. The molecule has 0 spiro atoms. The molecule has 1 saturated heterocycles. The molecule has 0 radical (unpaired) electrons. The number of thiocarbonyl (C=S) groups is 1. The molecule has 2 aromatic carbocycles. The molecule has 1 heterocycles. The summed E-state index contributed by atoms with van der Waals surface area (Å²) in [5.74, 6) is -1.56. The Labute approximate surface area is 151 Å². The Hall–Kier alpha value is -2.38. The minimum Gasteiger partial charge on any atom is -0.298 e. The molecule has 4 nitrogen and oxygen atoms in total. The molecule has 0 aliphatic carbocycles. The zero-order valence-electron chi connectivity index (χ0n) is 12.1. The first-order chi connectivity index (χ1) is 11.5. The summed E-state index contributed by atoms with van der Waals surface area (Å²) >= 11 is 8.46. The molecule has 7 heteroatoms. The van der Waals surface area contributed by atoms with Gasteiger partial charge < -0.3 is 0 Å². The van der Waals surface area contributed by atoms with Crippen LogP contribution >= 0.6 is 28.1 Å². The zero-order valence-corrected chi connectivity index (χ0v) is 14.5. The van der Waals surface area contributed by atoms with Crippen molar-refractivity contribution in [2.45, 2.75) is 0 Å². The van der Waals surface area contributed by atoms with Gasteiger partial charge in [-0.15, -0.1) is 0 Å². The van der Waals surface area contributed by atoms with Gasteiger partial charge in [-0.3, -0.25) is 19.8 Å². The van der Waals surface area contributed by atoms with Gasteiger partial charge in [0.2, 0.25) is 0 Å². The van der Waals surface area contributed by atoms with E-state index in [-0.39, 0.29) is 10.7 Å². The van der Waals surface area contributed by atoms with E-state index in [0.29, 0.717) is 11.3 Å². The first-order valence-electron chi connectivity index (χ1n) is 6.89. The number of carbonyl (C=O) groups is 2. The lowest BCUT2D eigenvalue weighted by Crippen LogP contribution is -2.54. The molecular formula is C17H10BrFN2O2S. The maximum Gasteiger partial charge on any atom is 0.270 e. The summed E-state index contributed by atoms with van der Waals surface area (Å²) in [6, 6.07) is 12.5. The summed E-state index contributed by atoms with van der Waals surface area (Å²) in [6.45, 7) is 0. The van der Waals surface area contributed by atoms with E-state index in [4.69, 9.17) is 12.2 Å². The van der Waals surface area contributed by atoms with Crippen LogP contribution in [0.15, 0.2) is 58.6 Å². The van der Waals surface area contributed by atoms with Gasteiger partial charge in [-0.2, -0.15) is 0 Å². The van der Waals surface area contributed by atoms with Gasteiger partial charge in [0.25, 0.3) is 11.8 Å². The molecule has 1 N–H and O–H groups in total. The second-order valence-electron chi connectivity index (χ2n) is 4.96. The third-order valence-corrected chi connectivity index (χ3v) is 4.40. The van der Waals surface area contributed by atoms with E-state index >= 15 is 0 Å². The number of rotatable bonds is 2. The fourth-order valence-corrected chi connectivity index (χ4v) is 2.91. The van der Waals surface area contributed by atoms with Crippen LogP contribution in [0, 0.1) is 5.82 Å². The number of nitrogens with one attached hydrogen (secondary N) is 1. The molecule has 2 amide bonds. The van der Waals surface area contributed by atoms with Crippen LogP contribution < -0.4 is 10.2 Å². The SMILES string of the molecule is O=C1NC(=S)N(c2ccc(F)cc2)C(=O)/C1=C\c1ccccc1Br. The average molecular weight is 405 g/mol. The van der Waals surface area contributed by atoms with Gasteiger partial charge in [-0.05, 0) is 54.2 Å². The van der Waals surface area contributed by atoms with Crippen LogP contribution in [0.1, 0.15) is 5.56 Å². The van der Waals surface area contributed by atoms with Crippen LogP contribution in [0.2, 0.25) is 0 Å². The second-order valence-corrected chi connectivity index (χ2v) is 6.20. The Morgan fingerprint density at radius 1 is 1.08 bits per heavy atom. The molecule has 24 heavy (non-hydrogen) atoms. The molecular weight excluding hydrogens is 395 g/mol. The Morgan fingerprint density at radius 2 is 1.75 bits per heavy atom. The molecule has 2 aromatic rings. The summed E-state index contributed by atoms with van der Waals surface area (Å²) < 4.78 is 13.8. The van der Waals surface area contributed by atoms with E-state index < -0.39 is 17.6 Å². The highest BCUT2D eigenvalue weighted by atomic mass is 79.9. The highest BCUT2D eigenvalue weighted by Crippen LogP contribution is 2.24. The molecule has 120 valence electrons. The van der Waals surface area contributed by atoms with Crippen molar-refractivity contribution in [3.63, 3.8) is 0 Å². The number of amides is 2. The largest absolute Gasteiger partial charge is 0.298 e. The molecule has 1 aliphatic heterocycles. The second kappa shape index (κ2) is 6.62. The van der Waals surface area contributed by atoms with Crippen LogP contribution in [0.4, 0.5) is 10.1 Å². The van der Waals surface area contributed by atoms with Crippen molar-refractivity contribution in [1.29, 1.82) is 0 Å². The maximum atomic E-state index is 13.1. The third-order valence-electron chi connectivity index (χ3n) is 3.39. The normalized spacial score (nSPS) is 16.5. The van der Waals surface area contributed by atoms with Crippen molar-refractivity contribution < 1.29 is 14.0 Å². The van der Waals surface area contributed by atoms with Crippen LogP contribution in [0.25, 0.3) is 6.08 Å². The summed E-state index contributed by atoms with van der Waals surface area (Å²) in [5, 5.41) is 2.44. The molecule has 0 aromatic heterocycles. The maximum absolute atomic E-state index is 13.1. The molecule has 0 bridgehead atoms. The van der Waals surface area contributed by atoms with Gasteiger partial charge in [0.05, 0.1) is 5.69 Å². The first-order valence-corrected chi connectivity index (χ1v) is 8.09. The predicted molar refractivity (Wildman–Crippen MR) is 96.7 cm³/mol. The Bertz CT molecular complexity index is 880. The van der Waals surface area contributed by atoms with Crippen molar-refractivity contribution in [3.05, 3.63) is 70.0 Å². The highest BCUT2D eigenvalue weighted by molar-refractivity contribution is 9.10. The first kappa shape index (κ1) is 16.5. The highest BCUT2D eigenvalue weighted by Gasteiger charge is 2.34. The monoisotopic (exact) mass is 404 g/mol. The Balaban J connectivity index is 2.03. The lowest BCUT2D eigenvalue weighted by Gasteiger charge is -2.28. The van der Waals surface area contributed by atoms with Crippen molar-refractivity contribution in [3.8, 4) is 0 Å². The van der Waals surface area contributed by atoms with Crippen molar-refractivity contribution in [2.75, 3.05) is 4.90 Å². The van der Waals surface area contributed by atoms with Gasteiger partial charge in [0, 0.05) is 4.47 Å². The number of benzene rings is 2. The van der Waals surface area contributed by atoms with Gasteiger partial charge in [0.15, 0.2) is 5.11 Å². The van der Waals surface area contributed by atoms with Crippen LogP contribution in [-0.2, 0) is 9.59 Å². The molecule has 0 saturated carbocycles. The molecule has 0 unspecified atom stereocenters. The van der Waals surface area contributed by atoms with E-state index in [1.807, 2.05) is 6.07 Å². The quantitative estimate of drug-likeness (QED) is 0.473. The third kappa shape index (κ3) is 3.13. The minimum atomic E-state index is -0.570. The van der Waals surface area contributed by atoms with E-state index in [1.54, 1.807) is 18.2 Å². The van der Waals surface area contributed by atoms with Crippen LogP contribution in [0.5, 0.6) is 0 Å². The lowest BCUT2D eigenvalue weighted by molar-refractivity contribution is -0.122. The van der Waals surface area contributed by atoms with E-state index in [9.17, 15) is 14.0 Å². The van der Waals surface area contributed by atoms with Gasteiger partial charge in [-0.25, -0.2) is 4.39 Å². The standard InChI is InChI=1S/C17H10BrFN2O2S/c18-14-4-2-1-3-10(14)9-13-15(22)20-17(24)21(16(13)23)12-7-5-11(19)6-8-12/h1-9H,(H,20,22,24)/b13-9-. The van der Waals surface area contributed by atoms with Crippen LogP contribution in [-0.4, -0.2) is 16.9 Å². The summed E-state index contributed by atoms with van der Waals surface area (Å²) in [6.07, 6.45) is 1.49. The molecule has 0 atom stereocenters. The number of hydrogen-bond acceptors (Lipinski definition) is 3. The van der Waals surface area contributed by atoms with Crippen molar-refractivity contribution in [2.24, 2.45) is 0 Å². The van der Waals surface area contributed by atoms with E-state index in [1.165, 1.54) is 35.2 Å². The van der Waals surface area contributed by atoms with Crippen LogP contribution in [0.3, 0.4) is 0 Å². The topological polar surface area (TPSA) is 49.4 Å². The fraction of sp³-hybridized carbons (Fsp3) is 0. The summed E-state index contributed by atoms with van der Waals surface area (Å²) in [4.78, 5) is 26.1. The number of carbonyl (C=O) groups excluding carboxylic acids is 2. The van der Waals surface area contributed by atoms with Crippen molar-refractivity contribution >= 4 is 56.8 Å². The molecule has 1 aliphatic rings. The number of nitrogens with zero attached hydrogens (tertiary/aromatic N) is 1. The lowest BCUT2D eigenvalue weighted by atomic mass is 10.1. The average Bonchev–Trinajstić information content (AvgIpc) is 2.54. The predicted octanol–water partition coefficient (Wildman–Crippen LogP) is 3.42. The number of halogens is 2. The minimum absolute atomic E-state index is 0.0408. The molecule has 1 fully saturated rings. The van der Waals surface area contributed by atoms with Gasteiger partial charge >= 0.3 is 0 Å². The summed E-state index contributed by atoms with van der Waals surface area (Å²) in [7, 11) is 0. The zero-order chi connectivity index (χ0) is 17.3. The Kier molecular flexibility index (Phi) is 4.55. The van der Waals surface area contributed by atoms with E-state index in [0.717, 1.165) is 4.47 Å². The smallest absolute Gasteiger partial charge is 0.270 e. The summed E-state index contributed by atoms with van der Waals surface area (Å²) in [5.41, 5.74) is 1.01. The fourth-order valence-electron chi connectivity index (χ4n) is 2.23. The van der Waals surface area contributed by atoms with E-state index in [2.05, 4.69) is 21.2 Å². The van der Waals surface area contributed by atoms with Crippen molar-refractivity contribution in [1.82, 2.24) is 5.32 Å². The molecule has 3 rings (SSSR count). The van der Waals surface area contributed by atoms with Gasteiger partial charge in [-0.1, -0.05) is 34.1 Å². The number of anilines is 1. The Morgan fingerprint density at radius 3 is 2.42 bits per heavy atom.